The van der Waals surface area contributed by atoms with Crippen LogP contribution in [0.3, 0.4) is 0 Å². The third-order valence-electron chi connectivity index (χ3n) is 3.95. The lowest BCUT2D eigenvalue weighted by atomic mass is 10.2. The molecule has 0 spiro atoms. The third kappa shape index (κ3) is 4.20. The molecular weight excluding hydrogens is 386 g/mol. The number of nitrogens with zero attached hydrogens (tertiary/aromatic N) is 1. The van der Waals surface area contributed by atoms with Crippen LogP contribution in [0.1, 0.15) is 23.2 Å². The van der Waals surface area contributed by atoms with Crippen molar-refractivity contribution in [1.29, 1.82) is 0 Å². The van der Waals surface area contributed by atoms with Crippen molar-refractivity contribution in [3.63, 3.8) is 0 Å². The number of amides is 2. The number of ether oxygens (including phenoxy) is 2. The minimum absolute atomic E-state index is 0.115. The molecule has 1 aliphatic heterocycles. The van der Waals surface area contributed by atoms with Crippen molar-refractivity contribution in [2.75, 3.05) is 25.1 Å². The van der Waals surface area contributed by atoms with Gasteiger partial charge in [-0.15, -0.1) is 0 Å². The predicted octanol–water partition coefficient (Wildman–Crippen LogP) is 3.28. The number of thiazole rings is 1. The Labute approximate surface area is 163 Å². The zero-order chi connectivity index (χ0) is 18.6. The van der Waals surface area contributed by atoms with Gasteiger partial charge in [-0.1, -0.05) is 11.3 Å². The van der Waals surface area contributed by atoms with E-state index >= 15 is 0 Å². The molecule has 0 bridgehead atoms. The zero-order valence-electron chi connectivity index (χ0n) is 14.3. The Morgan fingerprint density at radius 2 is 2.00 bits per heavy atom. The molecule has 0 atom stereocenters. The van der Waals surface area contributed by atoms with Crippen molar-refractivity contribution in [3.05, 3.63) is 34.5 Å². The van der Waals surface area contributed by atoms with Crippen molar-refractivity contribution >= 4 is 49.8 Å². The van der Waals surface area contributed by atoms with E-state index in [1.165, 1.54) is 22.7 Å². The number of benzene rings is 1. The fourth-order valence-corrected chi connectivity index (χ4v) is 4.17. The van der Waals surface area contributed by atoms with E-state index in [9.17, 15) is 9.59 Å². The fraction of sp³-hybridized carbons (Fsp3) is 0.278. The van der Waals surface area contributed by atoms with Gasteiger partial charge in [0, 0.05) is 36.0 Å². The van der Waals surface area contributed by atoms with E-state index in [2.05, 4.69) is 15.6 Å². The number of hydrogen-bond acceptors (Lipinski definition) is 7. The highest BCUT2D eigenvalue weighted by atomic mass is 32.1. The highest BCUT2D eigenvalue weighted by molar-refractivity contribution is 7.22. The van der Waals surface area contributed by atoms with Crippen LogP contribution in [0.25, 0.3) is 10.2 Å². The van der Waals surface area contributed by atoms with Gasteiger partial charge in [-0.05, 0) is 17.9 Å². The van der Waals surface area contributed by atoms with Crippen molar-refractivity contribution in [1.82, 2.24) is 10.3 Å². The molecule has 0 saturated heterocycles. The second-order valence-electron chi connectivity index (χ2n) is 5.90. The van der Waals surface area contributed by atoms with E-state index in [-0.39, 0.29) is 11.8 Å². The van der Waals surface area contributed by atoms with Crippen molar-refractivity contribution in [3.8, 4) is 11.5 Å². The quantitative estimate of drug-likeness (QED) is 0.617. The standard InChI is InChI=1S/C18H17N3O4S2/c22-16(2-1-4-19-17(23)11-3-7-26-10-11)21-18-20-12-8-13-14(9-15(12)27-18)25-6-5-24-13/h3,7-10H,1-2,4-6H2,(H,19,23)(H,20,21,22). The number of nitrogens with one attached hydrogen (secondary N) is 2. The Hall–Kier alpha value is -2.65. The molecule has 0 aliphatic carbocycles. The first kappa shape index (κ1) is 17.7. The minimum atomic E-state index is -0.129. The monoisotopic (exact) mass is 403 g/mol. The molecule has 1 aliphatic rings. The van der Waals surface area contributed by atoms with Gasteiger partial charge in [0.05, 0.1) is 10.2 Å². The average Bonchev–Trinajstić information content (AvgIpc) is 3.32. The second kappa shape index (κ2) is 7.93. The summed E-state index contributed by atoms with van der Waals surface area (Å²) in [6, 6.07) is 5.49. The Kier molecular flexibility index (Phi) is 5.21. The number of hydrogen-bond donors (Lipinski definition) is 2. The van der Waals surface area contributed by atoms with E-state index < -0.39 is 0 Å². The molecule has 0 radical (unpaired) electrons. The van der Waals surface area contributed by atoms with Gasteiger partial charge in [-0.3, -0.25) is 9.59 Å². The molecule has 0 saturated carbocycles. The smallest absolute Gasteiger partial charge is 0.252 e. The molecule has 27 heavy (non-hydrogen) atoms. The lowest BCUT2D eigenvalue weighted by Gasteiger charge is -2.17. The van der Waals surface area contributed by atoms with Crippen LogP contribution in [0.15, 0.2) is 29.0 Å². The molecule has 2 N–H and O–H groups in total. The van der Waals surface area contributed by atoms with Gasteiger partial charge in [0.2, 0.25) is 5.91 Å². The lowest BCUT2D eigenvalue weighted by molar-refractivity contribution is -0.116. The molecule has 7 nitrogen and oxygen atoms in total. The molecule has 1 aromatic carbocycles. The molecular formula is C18H17N3O4S2. The van der Waals surface area contributed by atoms with Crippen molar-refractivity contribution in [2.24, 2.45) is 0 Å². The third-order valence-corrected chi connectivity index (χ3v) is 5.57. The van der Waals surface area contributed by atoms with Gasteiger partial charge in [0.25, 0.3) is 5.91 Å². The normalized spacial score (nSPS) is 12.7. The topological polar surface area (TPSA) is 89.6 Å². The summed E-state index contributed by atoms with van der Waals surface area (Å²) in [6.07, 6.45) is 0.866. The molecule has 4 rings (SSSR count). The van der Waals surface area contributed by atoms with Gasteiger partial charge < -0.3 is 20.1 Å². The number of carbonyl (C=O) groups excluding carboxylic acids is 2. The van der Waals surface area contributed by atoms with Gasteiger partial charge in [-0.25, -0.2) is 4.98 Å². The Balaban J connectivity index is 1.28. The maximum atomic E-state index is 12.1. The first-order valence-corrected chi connectivity index (χ1v) is 10.3. The first-order chi connectivity index (χ1) is 13.2. The lowest BCUT2D eigenvalue weighted by Crippen LogP contribution is -2.25. The van der Waals surface area contributed by atoms with Gasteiger partial charge in [0.15, 0.2) is 16.6 Å². The fourth-order valence-electron chi connectivity index (χ4n) is 2.65. The summed E-state index contributed by atoms with van der Waals surface area (Å²) in [5.74, 6) is 1.14. The molecule has 0 unspecified atom stereocenters. The summed E-state index contributed by atoms with van der Waals surface area (Å²) in [4.78, 5) is 28.4. The molecule has 3 aromatic rings. The average molecular weight is 403 g/mol. The highest BCUT2D eigenvalue weighted by Crippen LogP contribution is 2.37. The Morgan fingerprint density at radius 3 is 2.78 bits per heavy atom. The van der Waals surface area contributed by atoms with Crippen LogP contribution in [-0.2, 0) is 4.79 Å². The summed E-state index contributed by atoms with van der Waals surface area (Å²) in [5.41, 5.74) is 1.41. The van der Waals surface area contributed by atoms with Crippen LogP contribution < -0.4 is 20.1 Å². The Morgan fingerprint density at radius 1 is 1.19 bits per heavy atom. The number of thiophene rings is 1. The van der Waals surface area contributed by atoms with E-state index in [1.807, 2.05) is 17.5 Å². The molecule has 9 heteroatoms. The summed E-state index contributed by atoms with van der Waals surface area (Å²) in [7, 11) is 0. The van der Waals surface area contributed by atoms with Gasteiger partial charge >= 0.3 is 0 Å². The van der Waals surface area contributed by atoms with E-state index in [1.54, 1.807) is 11.4 Å². The van der Waals surface area contributed by atoms with Crippen molar-refractivity contribution < 1.29 is 19.1 Å². The zero-order valence-corrected chi connectivity index (χ0v) is 16.0. The molecule has 2 aromatic heterocycles. The largest absolute Gasteiger partial charge is 0.486 e. The van der Waals surface area contributed by atoms with Crippen LogP contribution in [0.2, 0.25) is 0 Å². The maximum absolute atomic E-state index is 12.1. The van der Waals surface area contributed by atoms with Crippen LogP contribution in [-0.4, -0.2) is 36.6 Å². The maximum Gasteiger partial charge on any atom is 0.252 e. The summed E-state index contributed by atoms with van der Waals surface area (Å²) >= 11 is 2.87. The summed E-state index contributed by atoms with van der Waals surface area (Å²) in [6.45, 7) is 1.50. The number of aromatic nitrogens is 1. The molecule has 3 heterocycles. The molecule has 0 fully saturated rings. The number of rotatable bonds is 6. The first-order valence-electron chi connectivity index (χ1n) is 8.49. The number of carbonyl (C=O) groups is 2. The second-order valence-corrected chi connectivity index (χ2v) is 7.71. The van der Waals surface area contributed by atoms with Gasteiger partial charge in [0.1, 0.15) is 13.2 Å². The van der Waals surface area contributed by atoms with Gasteiger partial charge in [-0.2, -0.15) is 11.3 Å². The van der Waals surface area contributed by atoms with E-state index in [0.717, 1.165) is 10.2 Å². The van der Waals surface area contributed by atoms with E-state index in [0.29, 0.717) is 54.8 Å². The van der Waals surface area contributed by atoms with E-state index in [4.69, 9.17) is 9.47 Å². The highest BCUT2D eigenvalue weighted by Gasteiger charge is 2.16. The van der Waals surface area contributed by atoms with Crippen molar-refractivity contribution in [2.45, 2.75) is 12.8 Å². The minimum Gasteiger partial charge on any atom is -0.486 e. The summed E-state index contributed by atoms with van der Waals surface area (Å²) in [5, 5.41) is 9.81. The number of fused-ring (bicyclic) bond motifs is 2. The summed E-state index contributed by atoms with van der Waals surface area (Å²) < 4.78 is 12.0. The number of anilines is 1. The van der Waals surface area contributed by atoms with Crippen LogP contribution in [0.5, 0.6) is 11.5 Å². The SMILES string of the molecule is O=C(CCCNC(=O)c1ccsc1)Nc1nc2cc3c(cc2s1)OCCO3. The van der Waals surface area contributed by atoms with Crippen LogP contribution >= 0.6 is 22.7 Å². The predicted molar refractivity (Wildman–Crippen MR) is 105 cm³/mol. The Bertz CT molecular complexity index is 926. The molecule has 2 amide bonds. The van der Waals surface area contributed by atoms with Crippen LogP contribution in [0.4, 0.5) is 5.13 Å². The van der Waals surface area contributed by atoms with Crippen LogP contribution in [0, 0.1) is 0 Å². The molecule has 140 valence electrons.